The first-order valence-corrected chi connectivity index (χ1v) is 9.08. The molecule has 2 amide bonds. The van der Waals surface area contributed by atoms with Gasteiger partial charge in [0.25, 0.3) is 5.91 Å². The number of carbonyl (C=O) groups excluding carboxylic acids is 2. The van der Waals surface area contributed by atoms with Gasteiger partial charge >= 0.3 is 0 Å². The zero-order valence-electron chi connectivity index (χ0n) is 15.5. The number of para-hydroxylation sites is 1. The van der Waals surface area contributed by atoms with Crippen LogP contribution < -0.4 is 11.1 Å². The molecule has 6 heteroatoms. The molecular formula is C21H26ClN3O2. The third-order valence-corrected chi connectivity index (χ3v) is 4.91. The number of aryl methyl sites for hydroxylation is 1. The first-order valence-electron chi connectivity index (χ1n) is 9.08. The molecule has 1 aliphatic heterocycles. The lowest BCUT2D eigenvalue weighted by atomic mass is 10.0. The van der Waals surface area contributed by atoms with Crippen LogP contribution in [0.25, 0.3) is 0 Å². The van der Waals surface area contributed by atoms with Crippen LogP contribution in [0.1, 0.15) is 40.7 Å². The number of benzene rings is 2. The van der Waals surface area contributed by atoms with Gasteiger partial charge in [-0.1, -0.05) is 24.3 Å². The minimum absolute atomic E-state index is 0. The molecule has 0 aliphatic carbocycles. The van der Waals surface area contributed by atoms with Crippen molar-refractivity contribution in [1.82, 2.24) is 4.90 Å². The predicted octanol–water partition coefficient (Wildman–Crippen LogP) is 3.81. The second kappa shape index (κ2) is 9.42. The maximum atomic E-state index is 12.7. The zero-order chi connectivity index (χ0) is 18.5. The molecule has 1 heterocycles. The summed E-state index contributed by atoms with van der Waals surface area (Å²) in [7, 11) is 0. The van der Waals surface area contributed by atoms with E-state index >= 15 is 0 Å². The number of hydrogen-bond acceptors (Lipinski definition) is 3. The molecule has 1 aliphatic rings. The summed E-state index contributed by atoms with van der Waals surface area (Å²) in [5, 5.41) is 2.94. The van der Waals surface area contributed by atoms with Crippen molar-refractivity contribution >= 4 is 35.6 Å². The highest BCUT2D eigenvalue weighted by molar-refractivity contribution is 5.99. The normalized spacial score (nSPS) is 13.1. The molecule has 3 rings (SSSR count). The maximum Gasteiger partial charge on any atom is 0.254 e. The fourth-order valence-corrected chi connectivity index (χ4v) is 3.32. The molecule has 0 bridgehead atoms. The van der Waals surface area contributed by atoms with Crippen LogP contribution in [0, 0.1) is 6.92 Å². The number of nitrogens with two attached hydrogens (primary N) is 1. The summed E-state index contributed by atoms with van der Waals surface area (Å²) in [5.41, 5.74) is 9.77. The van der Waals surface area contributed by atoms with E-state index in [1.165, 1.54) is 0 Å². The van der Waals surface area contributed by atoms with Gasteiger partial charge in [0.2, 0.25) is 5.91 Å². The van der Waals surface area contributed by atoms with E-state index in [9.17, 15) is 9.59 Å². The summed E-state index contributed by atoms with van der Waals surface area (Å²) < 4.78 is 0. The van der Waals surface area contributed by atoms with Gasteiger partial charge in [-0.15, -0.1) is 12.4 Å². The van der Waals surface area contributed by atoms with Crippen molar-refractivity contribution in [2.75, 3.05) is 24.1 Å². The van der Waals surface area contributed by atoms with Crippen LogP contribution in [0.4, 0.5) is 11.4 Å². The number of nitrogens with zero attached hydrogens (tertiary/aromatic N) is 1. The van der Waals surface area contributed by atoms with Gasteiger partial charge < -0.3 is 16.0 Å². The molecule has 5 nitrogen and oxygen atoms in total. The van der Waals surface area contributed by atoms with Crippen molar-refractivity contribution in [3.63, 3.8) is 0 Å². The number of nitrogens with one attached hydrogen (secondary N) is 1. The molecule has 0 aromatic heterocycles. The predicted molar refractivity (Wildman–Crippen MR) is 111 cm³/mol. The van der Waals surface area contributed by atoms with Gasteiger partial charge in [-0.2, -0.15) is 0 Å². The van der Waals surface area contributed by atoms with Crippen molar-refractivity contribution in [3.05, 3.63) is 59.2 Å². The summed E-state index contributed by atoms with van der Waals surface area (Å²) in [6.07, 6.45) is 3.05. The van der Waals surface area contributed by atoms with E-state index in [0.29, 0.717) is 29.8 Å². The topological polar surface area (TPSA) is 75.4 Å². The molecule has 0 saturated carbocycles. The van der Waals surface area contributed by atoms with E-state index in [-0.39, 0.29) is 24.2 Å². The Balaban J connectivity index is 0.00000261. The number of likely N-dealkylation sites (tertiary alicyclic amines) is 1. The van der Waals surface area contributed by atoms with Gasteiger partial charge in [0.05, 0.1) is 0 Å². The Bertz CT molecular complexity index is 817. The molecule has 0 spiro atoms. The second-order valence-electron chi connectivity index (χ2n) is 6.72. The van der Waals surface area contributed by atoms with Gasteiger partial charge in [0.1, 0.15) is 0 Å². The molecule has 1 saturated heterocycles. The molecule has 2 aromatic rings. The molecule has 144 valence electrons. The highest BCUT2D eigenvalue weighted by atomic mass is 35.5. The third-order valence-electron chi connectivity index (χ3n) is 4.91. The van der Waals surface area contributed by atoms with E-state index in [4.69, 9.17) is 5.73 Å². The smallest absolute Gasteiger partial charge is 0.254 e. The Hall–Kier alpha value is -2.53. The number of amides is 2. The van der Waals surface area contributed by atoms with Crippen molar-refractivity contribution in [2.24, 2.45) is 0 Å². The summed E-state index contributed by atoms with van der Waals surface area (Å²) in [5.74, 6) is -0.0321. The van der Waals surface area contributed by atoms with E-state index in [1.54, 1.807) is 0 Å². The first-order chi connectivity index (χ1) is 12.6. The Morgan fingerprint density at radius 3 is 2.48 bits per heavy atom. The van der Waals surface area contributed by atoms with Crippen LogP contribution in [0.5, 0.6) is 0 Å². The number of halogens is 1. The average molecular weight is 388 g/mol. The van der Waals surface area contributed by atoms with Crippen molar-refractivity contribution in [2.45, 2.75) is 32.6 Å². The van der Waals surface area contributed by atoms with Gasteiger partial charge in [-0.25, -0.2) is 0 Å². The number of nitrogen functional groups attached to an aromatic ring is 1. The van der Waals surface area contributed by atoms with E-state index in [1.807, 2.05) is 54.3 Å². The SMILES string of the molecule is Cc1c(NC(=O)CCc2ccccc2N)cccc1C(=O)N1CCCC1.Cl. The van der Waals surface area contributed by atoms with Crippen LogP contribution in [0.15, 0.2) is 42.5 Å². The number of rotatable bonds is 5. The fraction of sp³-hybridized carbons (Fsp3) is 0.333. The van der Waals surface area contributed by atoms with Gasteiger partial charge in [-0.05, 0) is 55.5 Å². The van der Waals surface area contributed by atoms with E-state index < -0.39 is 0 Å². The standard InChI is InChI=1S/C21H25N3O2.ClH/c1-15-17(21(26)24-13-4-5-14-24)8-6-10-19(15)23-20(25)12-11-16-7-2-3-9-18(16)22;/h2-3,6-10H,4-5,11-14,22H2,1H3,(H,23,25);1H. The molecule has 0 atom stereocenters. The second-order valence-corrected chi connectivity index (χ2v) is 6.72. The molecule has 0 radical (unpaired) electrons. The lowest BCUT2D eigenvalue weighted by molar-refractivity contribution is -0.116. The van der Waals surface area contributed by atoms with Crippen LogP contribution in [0.2, 0.25) is 0 Å². The average Bonchev–Trinajstić information content (AvgIpc) is 3.17. The zero-order valence-corrected chi connectivity index (χ0v) is 16.3. The van der Waals surface area contributed by atoms with Gasteiger partial charge in [0, 0.05) is 36.4 Å². The molecule has 27 heavy (non-hydrogen) atoms. The minimum atomic E-state index is -0.0814. The van der Waals surface area contributed by atoms with Crippen LogP contribution in [0.3, 0.4) is 0 Å². The lowest BCUT2D eigenvalue weighted by Gasteiger charge is -2.18. The van der Waals surface area contributed by atoms with Crippen LogP contribution in [-0.4, -0.2) is 29.8 Å². The minimum Gasteiger partial charge on any atom is -0.399 e. The number of hydrogen-bond donors (Lipinski definition) is 2. The van der Waals surface area contributed by atoms with Crippen molar-refractivity contribution in [3.8, 4) is 0 Å². The molecule has 2 aromatic carbocycles. The Kier molecular flexibility index (Phi) is 7.25. The summed E-state index contributed by atoms with van der Waals surface area (Å²) in [4.78, 5) is 26.9. The van der Waals surface area contributed by atoms with Gasteiger partial charge in [0.15, 0.2) is 0 Å². The van der Waals surface area contributed by atoms with Crippen LogP contribution >= 0.6 is 12.4 Å². The summed E-state index contributed by atoms with van der Waals surface area (Å²) >= 11 is 0. The van der Waals surface area contributed by atoms with E-state index in [0.717, 1.165) is 37.1 Å². The largest absolute Gasteiger partial charge is 0.399 e. The van der Waals surface area contributed by atoms with Gasteiger partial charge in [-0.3, -0.25) is 9.59 Å². The maximum absolute atomic E-state index is 12.7. The number of anilines is 2. The number of carbonyl (C=O) groups is 2. The molecule has 0 unspecified atom stereocenters. The molecule has 3 N–H and O–H groups in total. The highest BCUT2D eigenvalue weighted by Crippen LogP contribution is 2.22. The summed E-state index contributed by atoms with van der Waals surface area (Å²) in [6, 6.07) is 13.1. The molecular weight excluding hydrogens is 362 g/mol. The lowest BCUT2D eigenvalue weighted by Crippen LogP contribution is -2.28. The Morgan fingerprint density at radius 1 is 1.07 bits per heavy atom. The highest BCUT2D eigenvalue weighted by Gasteiger charge is 2.22. The fourth-order valence-electron chi connectivity index (χ4n) is 3.32. The monoisotopic (exact) mass is 387 g/mol. The summed E-state index contributed by atoms with van der Waals surface area (Å²) in [6.45, 7) is 3.51. The van der Waals surface area contributed by atoms with Crippen molar-refractivity contribution < 1.29 is 9.59 Å². The van der Waals surface area contributed by atoms with E-state index in [2.05, 4.69) is 5.32 Å². The third kappa shape index (κ3) is 5.01. The Labute approximate surface area is 166 Å². The first kappa shape index (κ1) is 20.8. The molecule has 1 fully saturated rings. The quantitative estimate of drug-likeness (QED) is 0.766. The van der Waals surface area contributed by atoms with Crippen molar-refractivity contribution in [1.29, 1.82) is 0 Å². The van der Waals surface area contributed by atoms with Crippen LogP contribution in [-0.2, 0) is 11.2 Å². The Morgan fingerprint density at radius 2 is 1.78 bits per heavy atom.